The number of carbonyl (C=O) groups is 1. The molecule has 5 N–H and O–H groups in total. The molecular formula is C45H89NO5. The van der Waals surface area contributed by atoms with Gasteiger partial charge in [-0.2, -0.15) is 0 Å². The van der Waals surface area contributed by atoms with Crippen molar-refractivity contribution in [3.8, 4) is 0 Å². The second-order valence-corrected chi connectivity index (χ2v) is 15.8. The Morgan fingerprint density at radius 3 is 1.14 bits per heavy atom. The van der Waals surface area contributed by atoms with Crippen molar-refractivity contribution >= 4 is 5.91 Å². The third-order valence-corrected chi connectivity index (χ3v) is 10.7. The van der Waals surface area contributed by atoms with Crippen LogP contribution in [0.15, 0.2) is 12.2 Å². The zero-order valence-electron chi connectivity index (χ0n) is 34.1. The van der Waals surface area contributed by atoms with Crippen molar-refractivity contribution < 1.29 is 25.2 Å². The van der Waals surface area contributed by atoms with E-state index >= 15 is 0 Å². The summed E-state index contributed by atoms with van der Waals surface area (Å²) in [5, 5.41) is 43.7. The van der Waals surface area contributed by atoms with Gasteiger partial charge in [0.15, 0.2) is 0 Å². The lowest BCUT2D eigenvalue weighted by atomic mass is 9.99. The number of unbranched alkanes of at least 4 members (excludes halogenated alkanes) is 30. The van der Waals surface area contributed by atoms with Crippen molar-refractivity contribution in [2.45, 2.75) is 263 Å². The highest BCUT2D eigenvalue weighted by atomic mass is 16.3. The standard InChI is InChI=1S/C45H89NO5/c1-3-5-7-9-11-13-15-17-19-21-23-25-27-29-31-33-35-37-39-43(49)45(51)46-41(40-47)44(50)42(48)38-36-34-32-30-28-26-24-22-20-18-16-14-12-10-8-6-4-2/h21,23,41-44,47-50H,3-20,22,24-40H2,1-2H3,(H,46,51)/b23-21-. The van der Waals surface area contributed by atoms with Crippen molar-refractivity contribution in [2.75, 3.05) is 6.61 Å². The number of hydrogen-bond donors (Lipinski definition) is 5. The van der Waals surface area contributed by atoms with Gasteiger partial charge in [0, 0.05) is 0 Å². The van der Waals surface area contributed by atoms with Crippen molar-refractivity contribution in [1.82, 2.24) is 5.32 Å². The summed E-state index contributed by atoms with van der Waals surface area (Å²) in [5.74, 6) is -0.586. The van der Waals surface area contributed by atoms with Gasteiger partial charge in [0.1, 0.15) is 12.2 Å². The second-order valence-electron chi connectivity index (χ2n) is 15.8. The first-order valence-corrected chi connectivity index (χ1v) is 22.6. The number of hydrogen-bond acceptors (Lipinski definition) is 5. The summed E-state index contributed by atoms with van der Waals surface area (Å²) in [6, 6.07) is -0.984. The van der Waals surface area contributed by atoms with Crippen LogP contribution in [0.4, 0.5) is 0 Å². The molecule has 0 radical (unpaired) electrons. The summed E-state index contributed by atoms with van der Waals surface area (Å²) in [6.07, 6.45) is 43.8. The molecule has 0 aliphatic heterocycles. The molecule has 0 aliphatic carbocycles. The Hall–Kier alpha value is -0.950. The molecular weight excluding hydrogens is 634 g/mol. The Balaban J connectivity index is 3.72. The van der Waals surface area contributed by atoms with Gasteiger partial charge in [0.25, 0.3) is 0 Å². The summed E-state index contributed by atoms with van der Waals surface area (Å²) in [7, 11) is 0. The molecule has 51 heavy (non-hydrogen) atoms. The molecule has 0 aliphatic rings. The summed E-state index contributed by atoms with van der Waals surface area (Å²) in [4.78, 5) is 12.5. The molecule has 0 fully saturated rings. The van der Waals surface area contributed by atoms with Crippen molar-refractivity contribution in [3.05, 3.63) is 12.2 Å². The number of aliphatic hydroxyl groups is 4. The average molecular weight is 724 g/mol. The van der Waals surface area contributed by atoms with Gasteiger partial charge in [0.2, 0.25) is 5.91 Å². The second kappa shape index (κ2) is 40.2. The van der Waals surface area contributed by atoms with Crippen LogP contribution in [-0.2, 0) is 4.79 Å². The maximum absolute atomic E-state index is 12.5. The smallest absolute Gasteiger partial charge is 0.249 e. The molecule has 6 heteroatoms. The minimum absolute atomic E-state index is 0.364. The molecule has 0 spiro atoms. The summed E-state index contributed by atoms with van der Waals surface area (Å²) < 4.78 is 0. The highest BCUT2D eigenvalue weighted by Gasteiger charge is 2.28. The number of allylic oxidation sites excluding steroid dienone is 2. The number of amides is 1. The molecule has 4 atom stereocenters. The summed E-state index contributed by atoms with van der Waals surface area (Å²) in [5.41, 5.74) is 0. The zero-order valence-corrected chi connectivity index (χ0v) is 34.1. The largest absolute Gasteiger partial charge is 0.394 e. The molecule has 4 unspecified atom stereocenters. The number of carbonyl (C=O) groups excluding carboxylic acids is 1. The first-order valence-electron chi connectivity index (χ1n) is 22.6. The lowest BCUT2D eigenvalue weighted by Crippen LogP contribution is -2.53. The van der Waals surface area contributed by atoms with Gasteiger partial charge >= 0.3 is 0 Å². The van der Waals surface area contributed by atoms with Crippen LogP contribution >= 0.6 is 0 Å². The average Bonchev–Trinajstić information content (AvgIpc) is 3.13. The van der Waals surface area contributed by atoms with Gasteiger partial charge in [-0.15, -0.1) is 0 Å². The lowest BCUT2D eigenvalue weighted by molar-refractivity contribution is -0.132. The Morgan fingerprint density at radius 2 is 0.784 bits per heavy atom. The van der Waals surface area contributed by atoms with E-state index in [1.807, 2.05) is 0 Å². The number of aliphatic hydroxyl groups excluding tert-OH is 4. The van der Waals surface area contributed by atoms with E-state index in [0.717, 1.165) is 44.9 Å². The molecule has 0 heterocycles. The van der Waals surface area contributed by atoms with E-state index in [9.17, 15) is 25.2 Å². The van der Waals surface area contributed by atoms with E-state index in [-0.39, 0.29) is 0 Å². The van der Waals surface area contributed by atoms with E-state index in [1.54, 1.807) is 0 Å². The van der Waals surface area contributed by atoms with Gasteiger partial charge in [-0.3, -0.25) is 4.79 Å². The maximum atomic E-state index is 12.5. The van der Waals surface area contributed by atoms with E-state index in [0.29, 0.717) is 12.8 Å². The van der Waals surface area contributed by atoms with Crippen LogP contribution in [0.25, 0.3) is 0 Å². The van der Waals surface area contributed by atoms with E-state index < -0.39 is 36.9 Å². The lowest BCUT2D eigenvalue weighted by Gasteiger charge is -2.27. The van der Waals surface area contributed by atoms with E-state index in [1.165, 1.54) is 167 Å². The van der Waals surface area contributed by atoms with Crippen LogP contribution in [-0.4, -0.2) is 57.3 Å². The topological polar surface area (TPSA) is 110 Å². The van der Waals surface area contributed by atoms with E-state index in [4.69, 9.17) is 0 Å². The quantitative estimate of drug-likeness (QED) is 0.0319. The first-order chi connectivity index (χ1) is 25.0. The van der Waals surface area contributed by atoms with Crippen molar-refractivity contribution in [1.29, 1.82) is 0 Å². The van der Waals surface area contributed by atoms with Crippen molar-refractivity contribution in [2.24, 2.45) is 0 Å². The van der Waals surface area contributed by atoms with E-state index in [2.05, 4.69) is 31.3 Å². The molecule has 0 rings (SSSR count). The predicted molar refractivity (Wildman–Crippen MR) is 219 cm³/mol. The van der Waals surface area contributed by atoms with Crippen LogP contribution in [0, 0.1) is 0 Å². The highest BCUT2D eigenvalue weighted by molar-refractivity contribution is 5.80. The summed E-state index contributed by atoms with van der Waals surface area (Å²) >= 11 is 0. The molecule has 304 valence electrons. The Kier molecular flexibility index (Phi) is 39.5. The van der Waals surface area contributed by atoms with Crippen LogP contribution < -0.4 is 5.32 Å². The molecule has 0 aromatic carbocycles. The molecule has 6 nitrogen and oxygen atoms in total. The normalized spacial score (nSPS) is 14.2. The highest BCUT2D eigenvalue weighted by Crippen LogP contribution is 2.17. The monoisotopic (exact) mass is 724 g/mol. The molecule has 0 aromatic heterocycles. The molecule has 1 amide bonds. The molecule has 0 saturated carbocycles. The van der Waals surface area contributed by atoms with Crippen LogP contribution in [0.2, 0.25) is 0 Å². The SMILES string of the molecule is CCCCCCCCCC/C=C\CCCCCCCCC(O)C(=O)NC(CO)C(O)C(O)CCCCCCCCCCCCCCCCCCC. The van der Waals surface area contributed by atoms with Gasteiger partial charge < -0.3 is 25.7 Å². The fourth-order valence-electron chi connectivity index (χ4n) is 7.11. The van der Waals surface area contributed by atoms with Crippen molar-refractivity contribution in [3.63, 3.8) is 0 Å². The van der Waals surface area contributed by atoms with Gasteiger partial charge in [-0.05, 0) is 38.5 Å². The Morgan fingerprint density at radius 1 is 0.471 bits per heavy atom. The maximum Gasteiger partial charge on any atom is 0.249 e. The van der Waals surface area contributed by atoms with Crippen LogP contribution in [0.3, 0.4) is 0 Å². The minimum Gasteiger partial charge on any atom is -0.394 e. The van der Waals surface area contributed by atoms with Gasteiger partial charge in [-0.1, -0.05) is 212 Å². The van der Waals surface area contributed by atoms with Crippen LogP contribution in [0.5, 0.6) is 0 Å². The van der Waals surface area contributed by atoms with Gasteiger partial charge in [0.05, 0.1) is 18.8 Å². The Labute approximate surface area is 317 Å². The molecule has 0 aromatic rings. The minimum atomic E-state index is -1.26. The molecule has 0 bridgehead atoms. The molecule has 0 saturated heterocycles. The predicted octanol–water partition coefficient (Wildman–Crippen LogP) is 11.8. The zero-order chi connectivity index (χ0) is 37.5. The summed E-state index contributed by atoms with van der Waals surface area (Å²) in [6.45, 7) is 4.06. The van der Waals surface area contributed by atoms with Gasteiger partial charge in [-0.25, -0.2) is 0 Å². The Bertz CT molecular complexity index is 731. The first kappa shape index (κ1) is 50.1. The third-order valence-electron chi connectivity index (χ3n) is 10.7. The van der Waals surface area contributed by atoms with Crippen LogP contribution in [0.1, 0.15) is 239 Å². The number of nitrogens with one attached hydrogen (secondary N) is 1. The number of rotatable bonds is 41. The third kappa shape index (κ3) is 34.6. The fraction of sp³-hybridized carbons (Fsp3) is 0.933. The fourth-order valence-corrected chi connectivity index (χ4v) is 7.11.